The molecule has 0 spiro atoms. The van der Waals surface area contributed by atoms with Crippen molar-refractivity contribution in [3.05, 3.63) is 0 Å². The summed E-state index contributed by atoms with van der Waals surface area (Å²) in [5.41, 5.74) is 0. The van der Waals surface area contributed by atoms with Crippen molar-refractivity contribution in [2.45, 2.75) is 122 Å². The molecule has 13 nitrogen and oxygen atoms in total. The highest BCUT2D eigenvalue weighted by atomic mass is 16.6. The zero-order chi connectivity index (χ0) is 37.8. The molecule has 308 valence electrons. The average molecular weight is 751 g/mol. The number of hydrogen-bond donors (Lipinski definition) is 1. The fraction of sp³-hybridized carbons (Fsp3) is 0.923. The van der Waals surface area contributed by atoms with E-state index in [-0.39, 0.29) is 26.1 Å². The van der Waals surface area contributed by atoms with Crippen LogP contribution in [0.25, 0.3) is 0 Å². The van der Waals surface area contributed by atoms with Crippen molar-refractivity contribution >= 4 is 17.7 Å². The first-order valence-electron chi connectivity index (χ1n) is 20.1. The van der Waals surface area contributed by atoms with Gasteiger partial charge >= 0.3 is 11.9 Å². The lowest BCUT2D eigenvalue weighted by Gasteiger charge is -2.09. The Labute approximate surface area is 314 Å². The number of esters is 1. The van der Waals surface area contributed by atoms with Crippen LogP contribution in [0, 0.1) is 0 Å². The zero-order valence-corrected chi connectivity index (χ0v) is 32.6. The second kappa shape index (κ2) is 43.7. The molecule has 0 heterocycles. The molecule has 0 rings (SSSR count). The van der Waals surface area contributed by atoms with Gasteiger partial charge in [-0.15, -0.1) is 0 Å². The molecule has 1 N–H and O–H groups in total. The molecule has 0 aromatic heterocycles. The van der Waals surface area contributed by atoms with Crippen LogP contribution in [0.1, 0.15) is 122 Å². The van der Waals surface area contributed by atoms with Crippen LogP contribution in [0.4, 0.5) is 0 Å². The number of carbonyl (C=O) groups excluding carboxylic acids is 2. The summed E-state index contributed by atoms with van der Waals surface area (Å²) in [5, 5.41) is 8.45. The van der Waals surface area contributed by atoms with Crippen LogP contribution in [0.2, 0.25) is 0 Å². The van der Waals surface area contributed by atoms with Crippen molar-refractivity contribution in [1.29, 1.82) is 0 Å². The Kier molecular flexibility index (Phi) is 42.3. The SMILES string of the molecule is CCCCCCCCCCCCCCCCCCOCCOCCOCCOCCOCCOCCOCCOCCOC(=O)CCC(=O)C(=O)O. The minimum Gasteiger partial charge on any atom is -0.476 e. The van der Waals surface area contributed by atoms with E-state index in [1.54, 1.807) is 0 Å². The summed E-state index contributed by atoms with van der Waals surface area (Å²) >= 11 is 0. The molecule has 0 unspecified atom stereocenters. The van der Waals surface area contributed by atoms with E-state index in [1.165, 1.54) is 96.3 Å². The van der Waals surface area contributed by atoms with Gasteiger partial charge in [-0.25, -0.2) is 4.79 Å². The third kappa shape index (κ3) is 42.7. The van der Waals surface area contributed by atoms with E-state index < -0.39 is 17.7 Å². The van der Waals surface area contributed by atoms with Gasteiger partial charge in [-0.3, -0.25) is 9.59 Å². The number of Topliss-reactive ketones (excluding diaryl/α,β-unsaturated/α-hetero) is 1. The van der Waals surface area contributed by atoms with Crippen molar-refractivity contribution < 1.29 is 62.1 Å². The summed E-state index contributed by atoms with van der Waals surface area (Å²) in [4.78, 5) is 32.7. The van der Waals surface area contributed by atoms with Gasteiger partial charge in [0, 0.05) is 13.0 Å². The highest BCUT2D eigenvalue weighted by molar-refractivity contribution is 6.32. The van der Waals surface area contributed by atoms with Gasteiger partial charge in [0.05, 0.1) is 106 Å². The molecule has 0 aromatic rings. The number of carbonyl (C=O) groups is 3. The topological polar surface area (TPSA) is 155 Å². The monoisotopic (exact) mass is 751 g/mol. The van der Waals surface area contributed by atoms with Crippen LogP contribution in [0.5, 0.6) is 0 Å². The predicted molar refractivity (Wildman–Crippen MR) is 199 cm³/mol. The fourth-order valence-electron chi connectivity index (χ4n) is 5.00. The lowest BCUT2D eigenvalue weighted by atomic mass is 10.0. The maximum absolute atomic E-state index is 11.4. The number of carboxylic acid groups (broad SMARTS) is 1. The highest BCUT2D eigenvalue weighted by Crippen LogP contribution is 2.13. The van der Waals surface area contributed by atoms with Gasteiger partial charge in [0.25, 0.3) is 0 Å². The van der Waals surface area contributed by atoms with Crippen molar-refractivity contribution in [1.82, 2.24) is 0 Å². The Hall–Kier alpha value is -1.71. The third-order valence-electron chi connectivity index (χ3n) is 8.03. The van der Waals surface area contributed by atoms with Gasteiger partial charge in [0.2, 0.25) is 5.78 Å². The number of aliphatic carboxylic acids is 1. The number of ketones is 1. The standard InChI is InChI=1S/C39H74O13/c1-2-3-4-5-6-7-8-9-10-11-12-13-14-15-16-17-20-44-21-22-45-23-24-46-25-26-47-27-28-48-29-30-49-31-32-50-33-34-51-35-36-52-38(41)19-18-37(40)39(42)43/h2-36H2,1H3,(H,42,43). The summed E-state index contributed by atoms with van der Waals surface area (Å²) in [6.45, 7) is 10.1. The first-order chi connectivity index (χ1) is 25.6. The van der Waals surface area contributed by atoms with E-state index in [0.717, 1.165) is 13.0 Å². The van der Waals surface area contributed by atoms with Crippen LogP contribution in [0.3, 0.4) is 0 Å². The maximum atomic E-state index is 11.4. The fourth-order valence-corrected chi connectivity index (χ4v) is 5.00. The molecule has 0 aromatic carbocycles. The van der Waals surface area contributed by atoms with Crippen molar-refractivity contribution in [3.63, 3.8) is 0 Å². The Morgan fingerprint density at radius 2 is 0.615 bits per heavy atom. The van der Waals surface area contributed by atoms with Crippen molar-refractivity contribution in [3.8, 4) is 0 Å². The molecule has 0 saturated heterocycles. The molecule has 0 radical (unpaired) electrons. The molecule has 0 aliphatic heterocycles. The van der Waals surface area contributed by atoms with Gasteiger partial charge in [0.1, 0.15) is 6.61 Å². The molecule has 52 heavy (non-hydrogen) atoms. The van der Waals surface area contributed by atoms with Gasteiger partial charge in [0.15, 0.2) is 0 Å². The molecule has 0 bridgehead atoms. The molecule has 0 fully saturated rings. The quantitative estimate of drug-likeness (QED) is 0.0418. The van der Waals surface area contributed by atoms with Gasteiger partial charge in [-0.05, 0) is 6.42 Å². The van der Waals surface area contributed by atoms with Crippen LogP contribution < -0.4 is 0 Å². The Morgan fingerprint density at radius 1 is 0.346 bits per heavy atom. The van der Waals surface area contributed by atoms with E-state index in [2.05, 4.69) is 6.92 Å². The average Bonchev–Trinajstić information content (AvgIpc) is 3.14. The first-order valence-corrected chi connectivity index (χ1v) is 20.1. The number of hydrogen-bond acceptors (Lipinski definition) is 12. The summed E-state index contributed by atoms with van der Waals surface area (Å²) < 4.78 is 48.6. The second-order valence-corrected chi connectivity index (χ2v) is 12.7. The molecule has 13 heteroatoms. The molecular weight excluding hydrogens is 676 g/mol. The van der Waals surface area contributed by atoms with Crippen molar-refractivity contribution in [2.75, 3.05) is 112 Å². The van der Waals surface area contributed by atoms with Crippen LogP contribution in [-0.2, 0) is 57.0 Å². The largest absolute Gasteiger partial charge is 0.476 e. The lowest BCUT2D eigenvalue weighted by Crippen LogP contribution is -2.17. The Balaban J connectivity index is 3.11. The van der Waals surface area contributed by atoms with E-state index >= 15 is 0 Å². The van der Waals surface area contributed by atoms with E-state index in [1.807, 2.05) is 0 Å². The van der Waals surface area contributed by atoms with Crippen LogP contribution in [0.15, 0.2) is 0 Å². The molecule has 0 aliphatic rings. The lowest BCUT2D eigenvalue weighted by molar-refractivity contribution is -0.151. The van der Waals surface area contributed by atoms with E-state index in [0.29, 0.717) is 92.5 Å². The molecular formula is C39H74O13. The van der Waals surface area contributed by atoms with Gasteiger partial charge in [-0.2, -0.15) is 0 Å². The summed E-state index contributed by atoms with van der Waals surface area (Å²) in [7, 11) is 0. The van der Waals surface area contributed by atoms with Crippen molar-refractivity contribution in [2.24, 2.45) is 0 Å². The minimum atomic E-state index is -1.56. The highest BCUT2D eigenvalue weighted by Gasteiger charge is 2.14. The first kappa shape index (κ1) is 50.3. The predicted octanol–water partition coefficient (Wildman–Crippen LogP) is 6.36. The maximum Gasteiger partial charge on any atom is 0.372 e. The normalized spacial score (nSPS) is 11.3. The second-order valence-electron chi connectivity index (χ2n) is 12.7. The smallest absolute Gasteiger partial charge is 0.372 e. The molecule has 0 aliphatic carbocycles. The van der Waals surface area contributed by atoms with Crippen LogP contribution >= 0.6 is 0 Å². The third-order valence-corrected chi connectivity index (χ3v) is 8.03. The molecule has 0 saturated carbocycles. The summed E-state index contributed by atoms with van der Waals surface area (Å²) in [6, 6.07) is 0. The van der Waals surface area contributed by atoms with E-state index in [9.17, 15) is 14.4 Å². The number of ether oxygens (including phenoxy) is 9. The minimum absolute atomic E-state index is 0.0215. The summed E-state index contributed by atoms with van der Waals surface area (Å²) in [6.07, 6.45) is 21.4. The number of rotatable bonds is 45. The summed E-state index contributed by atoms with van der Waals surface area (Å²) in [5.74, 6) is -3.22. The zero-order valence-electron chi connectivity index (χ0n) is 32.6. The van der Waals surface area contributed by atoms with Gasteiger partial charge in [-0.1, -0.05) is 103 Å². The molecule has 0 atom stereocenters. The molecule has 0 amide bonds. The number of carboxylic acids is 1. The Morgan fingerprint density at radius 3 is 0.923 bits per heavy atom. The van der Waals surface area contributed by atoms with Crippen LogP contribution in [-0.4, -0.2) is 135 Å². The Bertz CT molecular complexity index is 769. The number of unbranched alkanes of at least 4 members (excludes halogenated alkanes) is 15. The van der Waals surface area contributed by atoms with Gasteiger partial charge < -0.3 is 47.7 Å². The van der Waals surface area contributed by atoms with E-state index in [4.69, 9.17) is 47.7 Å².